The van der Waals surface area contributed by atoms with E-state index in [1.54, 1.807) is 36.6 Å². The normalized spacial score (nSPS) is 16.5. The van der Waals surface area contributed by atoms with Crippen molar-refractivity contribution < 1.29 is 14.0 Å². The van der Waals surface area contributed by atoms with Gasteiger partial charge < -0.3 is 15.1 Å². The average molecular weight is 432 g/mol. The van der Waals surface area contributed by atoms with Gasteiger partial charge in [0, 0.05) is 13.1 Å². The summed E-state index contributed by atoms with van der Waals surface area (Å²) in [5.41, 5.74) is 3.55. The monoisotopic (exact) mass is 431 g/mol. The quantitative estimate of drug-likeness (QED) is 0.583. The number of amides is 2. The van der Waals surface area contributed by atoms with E-state index < -0.39 is 0 Å². The van der Waals surface area contributed by atoms with Crippen LogP contribution in [0.3, 0.4) is 0 Å². The molecule has 1 fully saturated rings. The fourth-order valence-corrected chi connectivity index (χ4v) is 4.14. The molecule has 1 aliphatic heterocycles. The molecule has 0 aliphatic carbocycles. The number of carbonyl (C=O) groups excluding carboxylic acids is 2. The second-order valence-corrected chi connectivity index (χ2v) is 8.30. The zero-order chi connectivity index (χ0) is 22.3. The van der Waals surface area contributed by atoms with Crippen LogP contribution in [0.1, 0.15) is 40.1 Å². The summed E-state index contributed by atoms with van der Waals surface area (Å²) in [4.78, 5) is 28.1. The summed E-state index contributed by atoms with van der Waals surface area (Å²) in [7, 11) is 0. The van der Waals surface area contributed by atoms with Crippen molar-refractivity contribution in [3.63, 3.8) is 0 Å². The maximum absolute atomic E-state index is 13.1. The fraction of sp³-hybridized carbons (Fsp3) is 0.308. The van der Waals surface area contributed by atoms with E-state index >= 15 is 0 Å². The van der Waals surface area contributed by atoms with Gasteiger partial charge in [0.2, 0.25) is 5.91 Å². The number of likely N-dealkylation sites (tertiary alicyclic amines) is 1. The third kappa shape index (κ3) is 5.45. The van der Waals surface area contributed by atoms with Gasteiger partial charge in [-0.3, -0.25) is 14.5 Å². The fourth-order valence-electron chi connectivity index (χ4n) is 4.14. The maximum atomic E-state index is 13.1. The van der Waals surface area contributed by atoms with E-state index in [4.69, 9.17) is 4.42 Å². The summed E-state index contributed by atoms with van der Waals surface area (Å²) in [6.45, 7) is 4.97. The van der Waals surface area contributed by atoms with Crippen LogP contribution >= 0.6 is 0 Å². The highest BCUT2D eigenvalue weighted by molar-refractivity contribution is 6.04. The van der Waals surface area contributed by atoms with Crippen molar-refractivity contribution in [2.45, 2.75) is 32.9 Å². The Morgan fingerprint density at radius 3 is 2.69 bits per heavy atom. The number of para-hydroxylation sites is 1. The van der Waals surface area contributed by atoms with E-state index in [0.29, 0.717) is 30.1 Å². The van der Waals surface area contributed by atoms with Crippen LogP contribution in [0, 0.1) is 12.8 Å². The van der Waals surface area contributed by atoms with Crippen molar-refractivity contribution in [2.24, 2.45) is 5.92 Å². The van der Waals surface area contributed by atoms with E-state index in [2.05, 4.69) is 40.7 Å². The molecule has 0 saturated carbocycles. The van der Waals surface area contributed by atoms with Gasteiger partial charge in [0.25, 0.3) is 5.91 Å². The van der Waals surface area contributed by atoms with E-state index in [0.717, 1.165) is 25.9 Å². The first-order valence-corrected chi connectivity index (χ1v) is 11.1. The van der Waals surface area contributed by atoms with Crippen molar-refractivity contribution >= 4 is 17.5 Å². The number of furan rings is 1. The van der Waals surface area contributed by atoms with Crippen LogP contribution < -0.4 is 10.6 Å². The van der Waals surface area contributed by atoms with Crippen molar-refractivity contribution in [3.8, 4) is 0 Å². The molecule has 3 aromatic rings. The van der Waals surface area contributed by atoms with Crippen molar-refractivity contribution in [1.82, 2.24) is 10.2 Å². The lowest BCUT2D eigenvalue weighted by Crippen LogP contribution is -2.40. The zero-order valence-corrected chi connectivity index (χ0v) is 18.3. The molecule has 1 aliphatic rings. The van der Waals surface area contributed by atoms with Gasteiger partial charge in [-0.1, -0.05) is 36.4 Å². The molecule has 1 aromatic heterocycles. The zero-order valence-electron chi connectivity index (χ0n) is 18.3. The number of hydrogen-bond donors (Lipinski definition) is 2. The van der Waals surface area contributed by atoms with Gasteiger partial charge in [-0.15, -0.1) is 0 Å². The Morgan fingerprint density at radius 2 is 1.88 bits per heavy atom. The molecule has 2 aromatic carbocycles. The number of anilines is 1. The minimum Gasteiger partial charge on any atom is -0.467 e. The minimum absolute atomic E-state index is 0.0363. The largest absolute Gasteiger partial charge is 0.467 e. The van der Waals surface area contributed by atoms with Crippen LogP contribution in [0.5, 0.6) is 0 Å². The Morgan fingerprint density at radius 1 is 1.06 bits per heavy atom. The van der Waals surface area contributed by atoms with Gasteiger partial charge in [-0.05, 0) is 61.7 Å². The number of nitrogens with one attached hydrogen (secondary N) is 2. The molecule has 0 spiro atoms. The smallest absolute Gasteiger partial charge is 0.253 e. The standard InChI is InChI=1S/C26H29N3O3/c1-19-8-2-3-9-20(19)17-29-14-6-10-21(18-29)25(30)28-24-13-5-4-12-23(24)26(31)27-16-22-11-7-15-32-22/h2-5,7-9,11-13,15,21H,6,10,14,16-18H2,1H3,(H,27,31)(H,28,30). The highest BCUT2D eigenvalue weighted by Gasteiger charge is 2.27. The number of aryl methyl sites for hydroxylation is 1. The number of rotatable bonds is 7. The highest BCUT2D eigenvalue weighted by Crippen LogP contribution is 2.23. The lowest BCUT2D eigenvalue weighted by molar-refractivity contribution is -0.121. The molecule has 32 heavy (non-hydrogen) atoms. The lowest BCUT2D eigenvalue weighted by atomic mass is 9.96. The molecule has 6 nitrogen and oxygen atoms in total. The summed E-state index contributed by atoms with van der Waals surface area (Å²) < 4.78 is 5.26. The third-order valence-electron chi connectivity index (χ3n) is 5.96. The lowest BCUT2D eigenvalue weighted by Gasteiger charge is -2.32. The molecule has 0 radical (unpaired) electrons. The van der Waals surface area contributed by atoms with Crippen molar-refractivity contribution in [1.29, 1.82) is 0 Å². The number of piperidine rings is 1. The predicted molar refractivity (Wildman–Crippen MR) is 124 cm³/mol. The van der Waals surface area contributed by atoms with Crippen molar-refractivity contribution in [3.05, 3.63) is 89.4 Å². The maximum Gasteiger partial charge on any atom is 0.253 e. The molecule has 2 N–H and O–H groups in total. The molecule has 166 valence electrons. The number of benzene rings is 2. The summed E-state index contributed by atoms with van der Waals surface area (Å²) in [6, 6.07) is 19.1. The molecular formula is C26H29N3O3. The Kier molecular flexibility index (Phi) is 7.02. The summed E-state index contributed by atoms with van der Waals surface area (Å²) >= 11 is 0. The Hall–Kier alpha value is -3.38. The summed E-state index contributed by atoms with van der Waals surface area (Å²) in [5.74, 6) is 0.288. The van der Waals surface area contributed by atoms with Crippen LogP contribution in [0.25, 0.3) is 0 Å². The first-order valence-electron chi connectivity index (χ1n) is 11.1. The van der Waals surface area contributed by atoms with Crippen LogP contribution in [0.15, 0.2) is 71.3 Å². The van der Waals surface area contributed by atoms with E-state index in [-0.39, 0.29) is 17.7 Å². The topological polar surface area (TPSA) is 74.6 Å². The predicted octanol–water partition coefficient (Wildman–Crippen LogP) is 4.37. The molecular weight excluding hydrogens is 402 g/mol. The first-order chi connectivity index (χ1) is 15.6. The van der Waals surface area contributed by atoms with Crippen molar-refractivity contribution in [2.75, 3.05) is 18.4 Å². The molecule has 1 unspecified atom stereocenters. The van der Waals surface area contributed by atoms with E-state index in [1.165, 1.54) is 11.1 Å². The highest BCUT2D eigenvalue weighted by atomic mass is 16.3. The Labute approximate surface area is 188 Å². The molecule has 4 rings (SSSR count). The molecule has 2 amide bonds. The van der Waals surface area contributed by atoms with Crippen LogP contribution in [-0.2, 0) is 17.9 Å². The Bertz CT molecular complexity index is 1060. The van der Waals surface area contributed by atoms with Crippen LogP contribution in [0.2, 0.25) is 0 Å². The van der Waals surface area contributed by atoms with E-state index in [1.807, 2.05) is 12.1 Å². The van der Waals surface area contributed by atoms with Gasteiger partial charge in [-0.25, -0.2) is 0 Å². The van der Waals surface area contributed by atoms with Gasteiger partial charge in [0.15, 0.2) is 0 Å². The number of nitrogens with zero attached hydrogens (tertiary/aromatic N) is 1. The average Bonchev–Trinajstić information content (AvgIpc) is 3.33. The van der Waals surface area contributed by atoms with Gasteiger partial charge in [0.1, 0.15) is 5.76 Å². The minimum atomic E-state index is -0.248. The molecule has 0 bridgehead atoms. The van der Waals surface area contributed by atoms with Crippen LogP contribution in [-0.4, -0.2) is 29.8 Å². The van der Waals surface area contributed by atoms with Crippen LogP contribution in [0.4, 0.5) is 5.69 Å². The summed E-state index contributed by atoms with van der Waals surface area (Å²) in [6.07, 6.45) is 3.40. The number of carbonyl (C=O) groups is 2. The second-order valence-electron chi connectivity index (χ2n) is 8.30. The van der Waals surface area contributed by atoms with E-state index in [9.17, 15) is 9.59 Å². The van der Waals surface area contributed by atoms with Gasteiger partial charge in [0.05, 0.1) is 30.0 Å². The second kappa shape index (κ2) is 10.3. The molecule has 1 saturated heterocycles. The SMILES string of the molecule is Cc1ccccc1CN1CCCC(C(=O)Nc2ccccc2C(=O)NCc2ccco2)C1. The molecule has 2 heterocycles. The molecule has 6 heteroatoms. The summed E-state index contributed by atoms with van der Waals surface area (Å²) in [5, 5.41) is 5.84. The third-order valence-corrected chi connectivity index (χ3v) is 5.96. The first kappa shape index (κ1) is 21.8. The number of hydrogen-bond acceptors (Lipinski definition) is 4. The van der Waals surface area contributed by atoms with Gasteiger partial charge >= 0.3 is 0 Å². The Balaban J connectivity index is 1.38. The van der Waals surface area contributed by atoms with Gasteiger partial charge in [-0.2, -0.15) is 0 Å². The molecule has 1 atom stereocenters.